The van der Waals surface area contributed by atoms with Crippen molar-refractivity contribution in [3.63, 3.8) is 0 Å². The molecule has 1 rings (SSSR count). The lowest BCUT2D eigenvalue weighted by molar-refractivity contribution is -0.0935. The van der Waals surface area contributed by atoms with Gasteiger partial charge in [-0.05, 0) is 37.5 Å². The van der Waals surface area contributed by atoms with Crippen molar-refractivity contribution in [3.8, 4) is 0 Å². The van der Waals surface area contributed by atoms with Crippen LogP contribution in [0.3, 0.4) is 0 Å². The van der Waals surface area contributed by atoms with E-state index in [9.17, 15) is 0 Å². The fourth-order valence-electron chi connectivity index (χ4n) is 3.22. The SMILES string of the molecule is CC(C)CCCCOC1CCCCC1OCCCCC(C)C. The monoisotopic (exact) mass is 312 g/mol. The second-order valence-electron chi connectivity index (χ2n) is 7.88. The van der Waals surface area contributed by atoms with Crippen molar-refractivity contribution >= 4 is 0 Å². The van der Waals surface area contributed by atoms with Crippen molar-refractivity contribution < 1.29 is 9.47 Å². The smallest absolute Gasteiger partial charge is 0.0836 e. The van der Waals surface area contributed by atoms with Crippen LogP contribution in [0, 0.1) is 11.8 Å². The Kier molecular flexibility index (Phi) is 11.2. The number of rotatable bonds is 12. The Balaban J connectivity index is 2.11. The lowest BCUT2D eigenvalue weighted by atomic mass is 9.94. The summed E-state index contributed by atoms with van der Waals surface area (Å²) >= 11 is 0. The predicted molar refractivity (Wildman–Crippen MR) is 95.3 cm³/mol. The Morgan fingerprint density at radius 1 is 0.682 bits per heavy atom. The molecule has 0 aromatic heterocycles. The molecule has 0 aromatic rings. The summed E-state index contributed by atoms with van der Waals surface area (Å²) in [5, 5.41) is 0. The Morgan fingerprint density at radius 2 is 1.09 bits per heavy atom. The van der Waals surface area contributed by atoms with E-state index in [2.05, 4.69) is 27.7 Å². The van der Waals surface area contributed by atoms with Gasteiger partial charge in [0.05, 0.1) is 12.2 Å². The van der Waals surface area contributed by atoms with E-state index in [1.807, 2.05) is 0 Å². The van der Waals surface area contributed by atoms with Crippen molar-refractivity contribution in [3.05, 3.63) is 0 Å². The highest BCUT2D eigenvalue weighted by atomic mass is 16.5. The van der Waals surface area contributed by atoms with E-state index in [1.54, 1.807) is 0 Å². The largest absolute Gasteiger partial charge is 0.376 e. The van der Waals surface area contributed by atoms with Gasteiger partial charge in [0.1, 0.15) is 0 Å². The van der Waals surface area contributed by atoms with Crippen LogP contribution in [0.15, 0.2) is 0 Å². The van der Waals surface area contributed by atoms with Crippen LogP contribution in [0.25, 0.3) is 0 Å². The maximum atomic E-state index is 6.15. The van der Waals surface area contributed by atoms with Gasteiger partial charge >= 0.3 is 0 Å². The molecule has 2 nitrogen and oxygen atoms in total. The van der Waals surface area contributed by atoms with Crippen LogP contribution >= 0.6 is 0 Å². The van der Waals surface area contributed by atoms with Crippen LogP contribution in [0.5, 0.6) is 0 Å². The number of unbranched alkanes of at least 4 members (excludes halogenated alkanes) is 2. The van der Waals surface area contributed by atoms with E-state index in [4.69, 9.17) is 9.47 Å². The van der Waals surface area contributed by atoms with Gasteiger partial charge in [0.2, 0.25) is 0 Å². The minimum atomic E-state index is 0.359. The number of ether oxygens (including phenoxy) is 2. The number of hydrogen-bond acceptors (Lipinski definition) is 2. The van der Waals surface area contributed by atoms with Gasteiger partial charge in [-0.2, -0.15) is 0 Å². The molecule has 1 saturated carbocycles. The molecule has 22 heavy (non-hydrogen) atoms. The summed E-state index contributed by atoms with van der Waals surface area (Å²) in [5.41, 5.74) is 0. The van der Waals surface area contributed by atoms with Crippen LogP contribution in [0.4, 0.5) is 0 Å². The van der Waals surface area contributed by atoms with Gasteiger partial charge in [0.25, 0.3) is 0 Å². The molecule has 2 atom stereocenters. The first-order chi connectivity index (χ1) is 10.6. The quantitative estimate of drug-likeness (QED) is 0.412. The molecule has 1 aliphatic rings. The third kappa shape index (κ3) is 9.84. The highest BCUT2D eigenvalue weighted by Crippen LogP contribution is 2.24. The Labute approximate surface area is 139 Å². The van der Waals surface area contributed by atoms with Crippen molar-refractivity contribution in [2.45, 2.75) is 104 Å². The summed E-state index contributed by atoms with van der Waals surface area (Å²) in [7, 11) is 0. The zero-order valence-corrected chi connectivity index (χ0v) is 15.6. The van der Waals surface area contributed by atoms with E-state index in [0.717, 1.165) is 25.0 Å². The minimum absolute atomic E-state index is 0.359. The van der Waals surface area contributed by atoms with Crippen LogP contribution in [-0.4, -0.2) is 25.4 Å². The molecule has 1 aliphatic carbocycles. The molecule has 0 amide bonds. The first-order valence-electron chi connectivity index (χ1n) is 9.82. The molecule has 0 spiro atoms. The molecule has 0 bridgehead atoms. The fourth-order valence-corrected chi connectivity index (χ4v) is 3.22. The molecule has 1 fully saturated rings. The predicted octanol–water partition coefficient (Wildman–Crippen LogP) is 5.98. The summed E-state index contributed by atoms with van der Waals surface area (Å²) in [6.45, 7) is 11.0. The lowest BCUT2D eigenvalue weighted by Gasteiger charge is -2.31. The highest BCUT2D eigenvalue weighted by Gasteiger charge is 2.26. The molecule has 0 aliphatic heterocycles. The summed E-state index contributed by atoms with van der Waals surface area (Å²) in [5.74, 6) is 1.63. The molecule has 2 unspecified atom stereocenters. The third-order valence-corrected chi connectivity index (χ3v) is 4.66. The molecule has 0 heterocycles. The average Bonchev–Trinajstić information content (AvgIpc) is 2.47. The maximum Gasteiger partial charge on any atom is 0.0836 e. The van der Waals surface area contributed by atoms with Crippen molar-refractivity contribution in [2.24, 2.45) is 11.8 Å². The van der Waals surface area contributed by atoms with E-state index in [0.29, 0.717) is 12.2 Å². The number of hydrogen-bond donors (Lipinski definition) is 0. The normalized spacial score (nSPS) is 22.6. The first-order valence-corrected chi connectivity index (χ1v) is 9.82. The van der Waals surface area contributed by atoms with Crippen LogP contribution in [0.1, 0.15) is 91.9 Å². The lowest BCUT2D eigenvalue weighted by Crippen LogP contribution is -2.35. The molecular weight excluding hydrogens is 272 g/mol. The Hall–Kier alpha value is -0.0800. The van der Waals surface area contributed by atoms with Gasteiger partial charge in [0, 0.05) is 13.2 Å². The zero-order chi connectivity index (χ0) is 16.2. The Morgan fingerprint density at radius 3 is 1.45 bits per heavy atom. The molecule has 0 aromatic carbocycles. The molecular formula is C20H40O2. The second-order valence-corrected chi connectivity index (χ2v) is 7.88. The first kappa shape index (κ1) is 20.0. The van der Waals surface area contributed by atoms with E-state index in [1.165, 1.54) is 64.2 Å². The highest BCUT2D eigenvalue weighted by molar-refractivity contribution is 4.76. The van der Waals surface area contributed by atoms with Crippen LogP contribution in [-0.2, 0) is 9.47 Å². The molecule has 132 valence electrons. The molecule has 2 heteroatoms. The van der Waals surface area contributed by atoms with Crippen molar-refractivity contribution in [2.75, 3.05) is 13.2 Å². The topological polar surface area (TPSA) is 18.5 Å². The van der Waals surface area contributed by atoms with Crippen LogP contribution in [0.2, 0.25) is 0 Å². The summed E-state index contributed by atoms with van der Waals surface area (Å²) < 4.78 is 12.3. The van der Waals surface area contributed by atoms with Crippen LogP contribution < -0.4 is 0 Å². The fraction of sp³-hybridized carbons (Fsp3) is 1.00. The van der Waals surface area contributed by atoms with Gasteiger partial charge in [-0.15, -0.1) is 0 Å². The molecule has 0 radical (unpaired) electrons. The second kappa shape index (κ2) is 12.4. The maximum absolute atomic E-state index is 6.15. The summed E-state index contributed by atoms with van der Waals surface area (Å²) in [4.78, 5) is 0. The van der Waals surface area contributed by atoms with E-state index in [-0.39, 0.29) is 0 Å². The standard InChI is InChI=1S/C20H40O2/c1-17(2)11-7-9-15-21-19-13-5-6-14-20(19)22-16-10-8-12-18(3)4/h17-20H,5-16H2,1-4H3. The van der Waals surface area contributed by atoms with Gasteiger partial charge < -0.3 is 9.47 Å². The van der Waals surface area contributed by atoms with E-state index < -0.39 is 0 Å². The molecule has 0 saturated heterocycles. The minimum Gasteiger partial charge on any atom is -0.376 e. The zero-order valence-electron chi connectivity index (χ0n) is 15.6. The van der Waals surface area contributed by atoms with Gasteiger partial charge in [0.15, 0.2) is 0 Å². The average molecular weight is 313 g/mol. The third-order valence-electron chi connectivity index (χ3n) is 4.66. The van der Waals surface area contributed by atoms with Crippen molar-refractivity contribution in [1.82, 2.24) is 0 Å². The van der Waals surface area contributed by atoms with Crippen molar-refractivity contribution in [1.29, 1.82) is 0 Å². The summed E-state index contributed by atoms with van der Waals surface area (Å²) in [6, 6.07) is 0. The van der Waals surface area contributed by atoms with Gasteiger partial charge in [-0.1, -0.05) is 66.2 Å². The van der Waals surface area contributed by atoms with E-state index >= 15 is 0 Å². The van der Waals surface area contributed by atoms with Gasteiger partial charge in [-0.3, -0.25) is 0 Å². The molecule has 0 N–H and O–H groups in total. The van der Waals surface area contributed by atoms with Gasteiger partial charge in [-0.25, -0.2) is 0 Å². The Bertz CT molecular complexity index is 224. The summed E-state index contributed by atoms with van der Waals surface area (Å²) in [6.07, 6.45) is 13.4.